The van der Waals surface area contributed by atoms with Crippen molar-refractivity contribution in [3.8, 4) is 11.1 Å². The van der Waals surface area contributed by atoms with Crippen molar-refractivity contribution in [1.82, 2.24) is 19.7 Å². The number of pyridine rings is 1. The number of sulfone groups is 1. The van der Waals surface area contributed by atoms with Gasteiger partial charge in [0, 0.05) is 48.4 Å². The molecule has 36 heavy (non-hydrogen) atoms. The normalized spacial score (nSPS) is 16.1. The molecule has 1 fully saturated rings. The zero-order valence-electron chi connectivity index (χ0n) is 20.3. The van der Waals surface area contributed by atoms with Crippen LogP contribution in [0.25, 0.3) is 33.1 Å². The minimum absolute atomic E-state index is 0.00686. The predicted molar refractivity (Wildman–Crippen MR) is 141 cm³/mol. The maximum absolute atomic E-state index is 12.5. The van der Waals surface area contributed by atoms with Crippen molar-refractivity contribution in [2.45, 2.75) is 30.7 Å². The number of rotatable bonds is 5. The molecular weight excluding hydrogens is 472 g/mol. The molecule has 7 nitrogen and oxygen atoms in total. The molecule has 0 saturated carbocycles. The van der Waals surface area contributed by atoms with Gasteiger partial charge in [0.25, 0.3) is 0 Å². The third-order valence-electron chi connectivity index (χ3n) is 7.31. The number of ether oxygens (including phenoxy) is 1. The maximum Gasteiger partial charge on any atom is 0.175 e. The molecule has 0 spiro atoms. The Labute approximate surface area is 210 Å². The van der Waals surface area contributed by atoms with E-state index in [-0.39, 0.29) is 6.04 Å². The van der Waals surface area contributed by atoms with Crippen LogP contribution in [0.5, 0.6) is 0 Å². The van der Waals surface area contributed by atoms with Gasteiger partial charge in [-0.15, -0.1) is 0 Å². The highest BCUT2D eigenvalue weighted by Crippen LogP contribution is 2.41. The summed E-state index contributed by atoms with van der Waals surface area (Å²) in [5.41, 5.74) is 6.79. The lowest BCUT2D eigenvalue weighted by Gasteiger charge is -2.33. The molecule has 1 unspecified atom stereocenters. The van der Waals surface area contributed by atoms with Gasteiger partial charge in [0.2, 0.25) is 0 Å². The van der Waals surface area contributed by atoms with E-state index < -0.39 is 9.84 Å². The minimum atomic E-state index is -3.38. The smallest absolute Gasteiger partial charge is 0.175 e. The lowest BCUT2D eigenvalue weighted by Crippen LogP contribution is -2.27. The van der Waals surface area contributed by atoms with Crippen molar-refractivity contribution in [3.63, 3.8) is 0 Å². The zero-order chi connectivity index (χ0) is 24.9. The summed E-state index contributed by atoms with van der Waals surface area (Å²) in [6.07, 6.45) is 6.88. The lowest BCUT2D eigenvalue weighted by molar-refractivity contribution is 0.0553. The first kappa shape index (κ1) is 22.9. The Hall–Kier alpha value is -3.49. The molecule has 0 bridgehead atoms. The number of aromatic nitrogens is 4. The van der Waals surface area contributed by atoms with E-state index in [4.69, 9.17) is 9.72 Å². The summed E-state index contributed by atoms with van der Waals surface area (Å²) in [7, 11) is -3.38. The Kier molecular flexibility index (Phi) is 5.65. The molecule has 1 atom stereocenters. The molecule has 0 aliphatic carbocycles. The predicted octanol–water partition coefficient (Wildman–Crippen LogP) is 5.31. The van der Waals surface area contributed by atoms with Crippen LogP contribution < -0.4 is 0 Å². The second-order valence-corrected chi connectivity index (χ2v) is 11.6. The van der Waals surface area contributed by atoms with Crippen LogP contribution in [0.3, 0.4) is 0 Å². The van der Waals surface area contributed by atoms with Crippen molar-refractivity contribution in [2.24, 2.45) is 5.92 Å². The van der Waals surface area contributed by atoms with Crippen LogP contribution in [-0.2, 0) is 14.6 Å². The molecule has 3 aromatic heterocycles. The average molecular weight is 501 g/mol. The topological polar surface area (TPSA) is 89.9 Å². The summed E-state index contributed by atoms with van der Waals surface area (Å²) >= 11 is 0. The zero-order valence-corrected chi connectivity index (χ0v) is 21.1. The molecule has 5 aromatic rings. The first-order valence-corrected chi connectivity index (χ1v) is 14.1. The largest absolute Gasteiger partial charge is 0.381 e. The second-order valence-electron chi connectivity index (χ2n) is 9.60. The number of fused-ring (bicyclic) bond motifs is 3. The molecule has 4 heterocycles. The summed E-state index contributed by atoms with van der Waals surface area (Å²) in [6.45, 7) is 3.41. The summed E-state index contributed by atoms with van der Waals surface area (Å²) in [4.78, 5) is 5.21. The third-order valence-corrected chi connectivity index (χ3v) is 8.42. The summed E-state index contributed by atoms with van der Waals surface area (Å²) < 4.78 is 33.1. The van der Waals surface area contributed by atoms with Gasteiger partial charge in [-0.2, -0.15) is 5.10 Å². The first-order valence-electron chi connectivity index (χ1n) is 12.2. The highest BCUT2D eigenvalue weighted by atomic mass is 32.2. The van der Waals surface area contributed by atoms with Crippen LogP contribution in [0.15, 0.2) is 71.9 Å². The number of H-pyrrole nitrogens is 1. The molecule has 2 aromatic carbocycles. The van der Waals surface area contributed by atoms with Crippen LogP contribution in [0.1, 0.15) is 30.1 Å². The Balaban J connectivity index is 1.70. The van der Waals surface area contributed by atoms with Gasteiger partial charge in [-0.05, 0) is 55.5 Å². The third kappa shape index (κ3) is 3.90. The van der Waals surface area contributed by atoms with Crippen molar-refractivity contribution in [1.29, 1.82) is 0 Å². The quantitative estimate of drug-likeness (QED) is 0.353. The summed E-state index contributed by atoms with van der Waals surface area (Å²) in [5.74, 6) is 0.334. The Morgan fingerprint density at radius 3 is 2.53 bits per heavy atom. The van der Waals surface area contributed by atoms with Gasteiger partial charge in [0.15, 0.2) is 9.84 Å². The summed E-state index contributed by atoms with van der Waals surface area (Å²) in [6, 6.07) is 18.0. The van der Waals surface area contributed by atoms with Gasteiger partial charge in [0.05, 0.1) is 33.2 Å². The number of hydrogen-bond donors (Lipinski definition) is 1. The van der Waals surface area contributed by atoms with E-state index in [0.717, 1.165) is 64.8 Å². The van der Waals surface area contributed by atoms with Gasteiger partial charge < -0.3 is 9.30 Å². The minimum Gasteiger partial charge on any atom is -0.381 e. The van der Waals surface area contributed by atoms with Crippen molar-refractivity contribution in [3.05, 3.63) is 78.2 Å². The fourth-order valence-electron chi connectivity index (χ4n) is 5.53. The number of nitrogens with zero attached hydrogens (tertiary/aromatic N) is 3. The van der Waals surface area contributed by atoms with Gasteiger partial charge in [0.1, 0.15) is 0 Å². The van der Waals surface area contributed by atoms with Gasteiger partial charge in [-0.25, -0.2) is 8.42 Å². The number of aryl methyl sites for hydroxylation is 1. The number of benzene rings is 2. The van der Waals surface area contributed by atoms with E-state index in [0.29, 0.717) is 10.8 Å². The Bertz CT molecular complexity index is 1670. The van der Waals surface area contributed by atoms with Crippen molar-refractivity contribution in [2.75, 3.05) is 19.5 Å². The van der Waals surface area contributed by atoms with Crippen LogP contribution in [-0.4, -0.2) is 47.6 Å². The Morgan fingerprint density at radius 2 is 1.83 bits per heavy atom. The van der Waals surface area contributed by atoms with E-state index in [1.807, 2.05) is 37.5 Å². The van der Waals surface area contributed by atoms with Crippen LogP contribution in [0.2, 0.25) is 0 Å². The highest BCUT2D eigenvalue weighted by molar-refractivity contribution is 7.90. The molecule has 184 valence electrons. The molecule has 0 radical (unpaired) electrons. The van der Waals surface area contributed by atoms with E-state index >= 15 is 0 Å². The average Bonchev–Trinajstić information content (AvgIpc) is 3.46. The van der Waals surface area contributed by atoms with Crippen molar-refractivity contribution < 1.29 is 13.2 Å². The van der Waals surface area contributed by atoms with Crippen molar-refractivity contribution >= 4 is 31.8 Å². The van der Waals surface area contributed by atoms with Gasteiger partial charge in [-0.1, -0.05) is 30.3 Å². The maximum atomic E-state index is 12.5. The molecule has 6 rings (SSSR count). The van der Waals surface area contributed by atoms with E-state index in [1.54, 1.807) is 6.07 Å². The molecular formula is C28H28N4O3S. The number of aromatic amines is 1. The van der Waals surface area contributed by atoms with E-state index in [9.17, 15) is 8.42 Å². The van der Waals surface area contributed by atoms with Crippen LogP contribution in [0, 0.1) is 12.8 Å². The Morgan fingerprint density at radius 1 is 1.06 bits per heavy atom. The fraction of sp³-hybridized carbons (Fsp3) is 0.286. The second kappa shape index (κ2) is 8.87. The molecule has 1 saturated heterocycles. The molecule has 8 heteroatoms. The molecule has 1 aliphatic heterocycles. The van der Waals surface area contributed by atoms with E-state index in [1.165, 1.54) is 11.8 Å². The molecule has 1 aliphatic rings. The monoisotopic (exact) mass is 500 g/mol. The molecule has 1 N–H and O–H groups in total. The highest BCUT2D eigenvalue weighted by Gasteiger charge is 2.30. The van der Waals surface area contributed by atoms with Crippen LogP contribution in [0.4, 0.5) is 0 Å². The SMILES string of the molecule is Cc1n[nH]cc1-c1cnc2c3ccc(S(C)(=O)=O)cc3n(C(c3ccccc3)C3CCOCC3)c2c1. The number of nitrogens with one attached hydrogen (secondary N) is 1. The fourth-order valence-corrected chi connectivity index (χ4v) is 6.17. The standard InChI is InChI=1S/C28H28N4O3S/c1-18-24(17-30-31-18)21-14-26-27(29-16-21)23-9-8-22(36(2,33)34)15-25(23)32(26)28(19-6-4-3-5-7-19)20-10-12-35-13-11-20/h3-9,14-17,20,28H,10-13H2,1-2H3,(H,30,31). The van der Waals surface area contributed by atoms with Crippen LogP contribution >= 0.6 is 0 Å². The van der Waals surface area contributed by atoms with E-state index in [2.05, 4.69) is 45.1 Å². The molecule has 0 amide bonds. The first-order chi connectivity index (χ1) is 17.4. The van der Waals surface area contributed by atoms with Gasteiger partial charge >= 0.3 is 0 Å². The summed E-state index contributed by atoms with van der Waals surface area (Å²) in [5, 5.41) is 8.18. The number of hydrogen-bond acceptors (Lipinski definition) is 5. The van der Waals surface area contributed by atoms with Gasteiger partial charge in [-0.3, -0.25) is 10.1 Å². The lowest BCUT2D eigenvalue weighted by atomic mass is 9.86.